The lowest BCUT2D eigenvalue weighted by molar-refractivity contribution is -0.123. The molecular weight excluding hydrogens is 376 g/mol. The summed E-state index contributed by atoms with van der Waals surface area (Å²) in [7, 11) is 0. The average molecular weight is 402 g/mol. The van der Waals surface area contributed by atoms with E-state index < -0.39 is 0 Å². The first kappa shape index (κ1) is 19.0. The van der Waals surface area contributed by atoms with Gasteiger partial charge in [-0.3, -0.25) is 9.69 Å². The highest BCUT2D eigenvalue weighted by Gasteiger charge is 2.32. The van der Waals surface area contributed by atoms with E-state index in [1.54, 1.807) is 0 Å². The summed E-state index contributed by atoms with van der Waals surface area (Å²) in [4.78, 5) is 21.9. The van der Waals surface area contributed by atoms with Gasteiger partial charge in [-0.15, -0.1) is 0 Å². The first-order chi connectivity index (χ1) is 14.7. The third-order valence-corrected chi connectivity index (χ3v) is 6.19. The van der Waals surface area contributed by atoms with E-state index in [9.17, 15) is 4.79 Å². The molecule has 5 rings (SSSR count). The molecule has 1 fully saturated rings. The van der Waals surface area contributed by atoms with Gasteiger partial charge in [0.1, 0.15) is 0 Å². The van der Waals surface area contributed by atoms with Gasteiger partial charge in [-0.1, -0.05) is 47.1 Å². The Kier molecular flexibility index (Phi) is 5.09. The number of piperidine rings is 1. The fourth-order valence-electron chi connectivity index (χ4n) is 4.54. The topological polar surface area (TPSA) is 62.5 Å². The highest BCUT2D eigenvalue weighted by atomic mass is 16.5. The van der Waals surface area contributed by atoms with E-state index >= 15 is 0 Å². The Hall–Kier alpha value is -2.99. The largest absolute Gasteiger partial charge is 0.338 e. The first-order valence-corrected chi connectivity index (χ1v) is 10.7. The summed E-state index contributed by atoms with van der Waals surface area (Å²) >= 11 is 0. The SMILES string of the molecule is Cc1cccc(-c2noc(CN3CCC(C(=O)N4CCc5ccccc54)CC3)n2)c1. The Bertz CT molecular complexity index is 1050. The van der Waals surface area contributed by atoms with Crippen molar-refractivity contribution in [2.45, 2.75) is 32.7 Å². The van der Waals surface area contributed by atoms with Gasteiger partial charge < -0.3 is 9.42 Å². The third kappa shape index (κ3) is 3.75. The predicted octanol–water partition coefficient (Wildman–Crippen LogP) is 3.85. The van der Waals surface area contributed by atoms with Crippen molar-refractivity contribution in [2.24, 2.45) is 5.92 Å². The molecule has 30 heavy (non-hydrogen) atoms. The standard InChI is InChI=1S/C24H26N4O2/c1-17-5-4-7-20(15-17)23-25-22(30-26-23)16-27-12-9-19(10-13-27)24(29)28-14-11-18-6-2-3-8-21(18)28/h2-8,15,19H,9-14,16H2,1H3. The van der Waals surface area contributed by atoms with Crippen LogP contribution in [0, 0.1) is 12.8 Å². The Morgan fingerprint density at radius 3 is 2.77 bits per heavy atom. The van der Waals surface area contributed by atoms with Crippen LogP contribution in [0.1, 0.15) is 29.9 Å². The molecule has 6 heteroatoms. The van der Waals surface area contributed by atoms with E-state index in [0.717, 1.165) is 50.1 Å². The number of hydrogen-bond acceptors (Lipinski definition) is 5. The molecule has 2 aliphatic rings. The molecular formula is C24H26N4O2. The average Bonchev–Trinajstić information content (AvgIpc) is 3.41. The van der Waals surface area contributed by atoms with Crippen LogP contribution in [0.3, 0.4) is 0 Å². The number of aryl methyl sites for hydroxylation is 1. The Morgan fingerprint density at radius 1 is 1.10 bits per heavy atom. The number of rotatable bonds is 4. The van der Waals surface area contributed by atoms with Crippen LogP contribution in [0.15, 0.2) is 53.1 Å². The highest BCUT2D eigenvalue weighted by molar-refractivity contribution is 5.97. The smallest absolute Gasteiger partial charge is 0.241 e. The Labute approximate surface area is 176 Å². The van der Waals surface area contributed by atoms with Crippen molar-refractivity contribution in [2.75, 3.05) is 24.5 Å². The first-order valence-electron chi connectivity index (χ1n) is 10.7. The van der Waals surface area contributed by atoms with E-state index in [4.69, 9.17) is 4.52 Å². The van der Waals surface area contributed by atoms with Crippen molar-refractivity contribution >= 4 is 11.6 Å². The minimum Gasteiger partial charge on any atom is -0.338 e. The number of aromatic nitrogens is 2. The van der Waals surface area contributed by atoms with Crippen molar-refractivity contribution in [1.82, 2.24) is 15.0 Å². The van der Waals surface area contributed by atoms with Gasteiger partial charge in [0, 0.05) is 23.7 Å². The molecule has 0 bridgehead atoms. The molecule has 0 N–H and O–H groups in total. The number of amides is 1. The van der Waals surface area contributed by atoms with Gasteiger partial charge in [0.25, 0.3) is 0 Å². The number of hydrogen-bond donors (Lipinski definition) is 0. The molecule has 1 amide bonds. The van der Waals surface area contributed by atoms with E-state index in [2.05, 4.69) is 46.2 Å². The summed E-state index contributed by atoms with van der Waals surface area (Å²) in [6.45, 7) is 5.23. The van der Waals surface area contributed by atoms with Crippen molar-refractivity contribution in [3.63, 3.8) is 0 Å². The summed E-state index contributed by atoms with van der Waals surface area (Å²) in [5.74, 6) is 1.63. The molecule has 0 radical (unpaired) electrons. The molecule has 3 aromatic rings. The van der Waals surface area contributed by atoms with Crippen molar-refractivity contribution in [1.29, 1.82) is 0 Å². The fraction of sp³-hybridized carbons (Fsp3) is 0.375. The number of carbonyl (C=O) groups excluding carboxylic acids is 1. The maximum absolute atomic E-state index is 13.1. The number of nitrogens with zero attached hydrogens (tertiary/aromatic N) is 4. The van der Waals surface area contributed by atoms with Crippen LogP contribution in [-0.2, 0) is 17.8 Å². The number of benzene rings is 2. The lowest BCUT2D eigenvalue weighted by atomic mass is 9.95. The van der Waals surface area contributed by atoms with Crippen molar-refractivity contribution < 1.29 is 9.32 Å². The van der Waals surface area contributed by atoms with Crippen molar-refractivity contribution in [3.8, 4) is 11.4 Å². The zero-order valence-electron chi connectivity index (χ0n) is 17.3. The minimum absolute atomic E-state index is 0.0953. The Balaban J connectivity index is 1.18. The lowest BCUT2D eigenvalue weighted by Crippen LogP contribution is -2.42. The molecule has 2 aromatic carbocycles. The molecule has 0 aliphatic carbocycles. The number of anilines is 1. The molecule has 2 aliphatic heterocycles. The third-order valence-electron chi connectivity index (χ3n) is 6.19. The molecule has 1 aromatic heterocycles. The van der Waals surface area contributed by atoms with Gasteiger partial charge in [-0.05, 0) is 57.0 Å². The number of fused-ring (bicyclic) bond motifs is 1. The molecule has 6 nitrogen and oxygen atoms in total. The maximum atomic E-state index is 13.1. The van der Waals surface area contributed by atoms with Gasteiger partial charge in [0.05, 0.1) is 6.54 Å². The maximum Gasteiger partial charge on any atom is 0.241 e. The zero-order chi connectivity index (χ0) is 20.5. The van der Waals surface area contributed by atoms with Gasteiger partial charge >= 0.3 is 0 Å². The molecule has 154 valence electrons. The number of para-hydroxylation sites is 1. The summed E-state index contributed by atoms with van der Waals surface area (Å²) < 4.78 is 5.48. The molecule has 0 atom stereocenters. The molecule has 0 saturated carbocycles. The second-order valence-electron chi connectivity index (χ2n) is 8.30. The second-order valence-corrected chi connectivity index (χ2v) is 8.30. The zero-order valence-corrected chi connectivity index (χ0v) is 17.3. The number of likely N-dealkylation sites (tertiary alicyclic amines) is 1. The predicted molar refractivity (Wildman–Crippen MR) is 115 cm³/mol. The van der Waals surface area contributed by atoms with Gasteiger partial charge in [0.2, 0.25) is 17.6 Å². The van der Waals surface area contributed by atoms with Crippen LogP contribution in [-0.4, -0.2) is 40.6 Å². The second kappa shape index (κ2) is 8.03. The molecule has 3 heterocycles. The molecule has 1 saturated heterocycles. The van der Waals surface area contributed by atoms with E-state index in [-0.39, 0.29) is 11.8 Å². The fourth-order valence-corrected chi connectivity index (χ4v) is 4.54. The van der Waals surface area contributed by atoms with Crippen LogP contribution >= 0.6 is 0 Å². The summed E-state index contributed by atoms with van der Waals surface area (Å²) in [5, 5.41) is 4.14. The summed E-state index contributed by atoms with van der Waals surface area (Å²) in [5.41, 5.74) is 4.52. The van der Waals surface area contributed by atoms with E-state index in [0.29, 0.717) is 18.3 Å². The van der Waals surface area contributed by atoms with Crippen LogP contribution in [0.5, 0.6) is 0 Å². The van der Waals surface area contributed by atoms with E-state index in [1.165, 1.54) is 11.1 Å². The highest BCUT2D eigenvalue weighted by Crippen LogP contribution is 2.31. The molecule has 0 unspecified atom stereocenters. The normalized spacial score (nSPS) is 17.3. The summed E-state index contributed by atoms with van der Waals surface area (Å²) in [6, 6.07) is 16.4. The van der Waals surface area contributed by atoms with Gasteiger partial charge in [-0.25, -0.2) is 0 Å². The van der Waals surface area contributed by atoms with Gasteiger partial charge in [0.15, 0.2) is 0 Å². The van der Waals surface area contributed by atoms with Crippen molar-refractivity contribution in [3.05, 3.63) is 65.5 Å². The van der Waals surface area contributed by atoms with Crippen LogP contribution in [0.2, 0.25) is 0 Å². The monoisotopic (exact) mass is 402 g/mol. The quantitative estimate of drug-likeness (QED) is 0.663. The van der Waals surface area contributed by atoms with E-state index in [1.807, 2.05) is 29.2 Å². The van der Waals surface area contributed by atoms with Crippen LogP contribution < -0.4 is 4.90 Å². The minimum atomic E-state index is 0.0953. The van der Waals surface area contributed by atoms with Gasteiger partial charge in [-0.2, -0.15) is 4.98 Å². The Morgan fingerprint density at radius 2 is 1.93 bits per heavy atom. The van der Waals surface area contributed by atoms with Crippen LogP contribution in [0.25, 0.3) is 11.4 Å². The lowest BCUT2D eigenvalue weighted by Gasteiger charge is -2.32. The molecule has 0 spiro atoms. The number of carbonyl (C=O) groups is 1. The van der Waals surface area contributed by atoms with Crippen LogP contribution in [0.4, 0.5) is 5.69 Å². The summed E-state index contributed by atoms with van der Waals surface area (Å²) in [6.07, 6.45) is 2.70.